The third kappa shape index (κ3) is 4.99. The van der Waals surface area contributed by atoms with Gasteiger partial charge in [-0.2, -0.15) is 0 Å². The summed E-state index contributed by atoms with van der Waals surface area (Å²) in [6, 6.07) is 9.14. The number of amides is 2. The molecule has 2 aliphatic rings. The molecule has 3 heterocycles. The van der Waals surface area contributed by atoms with Crippen molar-refractivity contribution in [3.63, 3.8) is 0 Å². The molecule has 1 aromatic carbocycles. The van der Waals surface area contributed by atoms with Gasteiger partial charge in [-0.1, -0.05) is 41.9 Å². The van der Waals surface area contributed by atoms with Crippen LogP contribution in [0.15, 0.2) is 35.3 Å². The minimum Gasteiger partial charge on any atom is -0.382 e. The van der Waals surface area contributed by atoms with Gasteiger partial charge in [-0.3, -0.25) is 19.9 Å². The van der Waals surface area contributed by atoms with E-state index in [0.717, 1.165) is 5.56 Å². The van der Waals surface area contributed by atoms with Crippen molar-refractivity contribution in [2.75, 3.05) is 31.1 Å². The fourth-order valence-electron chi connectivity index (χ4n) is 4.03. The van der Waals surface area contributed by atoms with Crippen LogP contribution in [0.5, 0.6) is 0 Å². The molecule has 0 radical (unpaired) electrons. The molecular formula is C21H26ClN9O2. The molecule has 0 bridgehead atoms. The topological polar surface area (TPSA) is 178 Å². The summed E-state index contributed by atoms with van der Waals surface area (Å²) in [5, 5.41) is 5.83. The van der Waals surface area contributed by atoms with Gasteiger partial charge < -0.3 is 27.4 Å². The number of piperidine rings is 1. The molecule has 1 saturated heterocycles. The van der Waals surface area contributed by atoms with E-state index in [0.29, 0.717) is 44.9 Å². The number of aromatic nitrogens is 2. The molecule has 174 valence electrons. The number of anilines is 2. The van der Waals surface area contributed by atoms with E-state index in [1.807, 2.05) is 30.3 Å². The van der Waals surface area contributed by atoms with E-state index < -0.39 is 11.9 Å². The van der Waals surface area contributed by atoms with Gasteiger partial charge in [0.2, 0.25) is 5.91 Å². The summed E-state index contributed by atoms with van der Waals surface area (Å²) in [6.45, 7) is 1.58. The predicted molar refractivity (Wildman–Crippen MR) is 125 cm³/mol. The van der Waals surface area contributed by atoms with Crippen molar-refractivity contribution in [3.8, 4) is 0 Å². The van der Waals surface area contributed by atoms with Crippen LogP contribution in [0, 0.1) is 0 Å². The van der Waals surface area contributed by atoms with Crippen molar-refractivity contribution in [2.24, 2.45) is 10.7 Å². The fourth-order valence-corrected chi connectivity index (χ4v) is 4.16. The van der Waals surface area contributed by atoms with Crippen LogP contribution >= 0.6 is 11.6 Å². The first-order chi connectivity index (χ1) is 15.8. The van der Waals surface area contributed by atoms with Crippen LogP contribution in [0.4, 0.5) is 11.6 Å². The molecule has 2 aliphatic heterocycles. The SMILES string of the molecule is Nc1nc(N)c(C(=O)NC2=NCC3(CCN(C(=O)C(N)Cc4ccccc4)CC3)N2)nc1Cl. The highest BCUT2D eigenvalue weighted by atomic mass is 35.5. The number of nitrogen functional groups attached to an aromatic ring is 2. The summed E-state index contributed by atoms with van der Waals surface area (Å²) in [6.07, 6.45) is 1.85. The Labute approximate surface area is 195 Å². The standard InChI is InChI=1S/C21H26ClN9O2/c22-15-17(25)28-16(24)14(27-15)18(32)29-20-26-11-21(30-20)6-8-31(9-7-21)19(33)13(23)10-12-4-2-1-3-5-12/h1-5,13H,6-11,23H2,(H4,24,25,28)(H2,26,29,30,32). The number of benzene rings is 1. The summed E-state index contributed by atoms with van der Waals surface area (Å²) < 4.78 is 0. The molecule has 11 nitrogen and oxygen atoms in total. The molecule has 1 unspecified atom stereocenters. The smallest absolute Gasteiger partial charge is 0.280 e. The molecule has 1 atom stereocenters. The number of nitrogens with one attached hydrogen (secondary N) is 2. The van der Waals surface area contributed by atoms with Gasteiger partial charge in [0.25, 0.3) is 5.91 Å². The van der Waals surface area contributed by atoms with Gasteiger partial charge in [-0.15, -0.1) is 0 Å². The Morgan fingerprint density at radius 3 is 2.55 bits per heavy atom. The van der Waals surface area contributed by atoms with Gasteiger partial charge in [-0.25, -0.2) is 9.97 Å². The quantitative estimate of drug-likeness (QED) is 0.410. The van der Waals surface area contributed by atoms with Crippen LogP contribution in [0.3, 0.4) is 0 Å². The lowest BCUT2D eigenvalue weighted by atomic mass is 9.88. The van der Waals surface area contributed by atoms with E-state index in [2.05, 4.69) is 25.6 Å². The molecule has 12 heteroatoms. The number of halogens is 1. The van der Waals surface area contributed by atoms with Gasteiger partial charge in [0.05, 0.1) is 18.1 Å². The first kappa shape index (κ1) is 22.7. The molecule has 4 rings (SSSR count). The highest BCUT2D eigenvalue weighted by molar-refractivity contribution is 6.31. The van der Waals surface area contributed by atoms with E-state index in [4.69, 9.17) is 28.8 Å². The van der Waals surface area contributed by atoms with Crippen LogP contribution in [-0.4, -0.2) is 63.9 Å². The second kappa shape index (κ2) is 9.20. The monoisotopic (exact) mass is 471 g/mol. The molecular weight excluding hydrogens is 446 g/mol. The average molecular weight is 472 g/mol. The lowest BCUT2D eigenvalue weighted by Gasteiger charge is -2.40. The second-order valence-electron chi connectivity index (χ2n) is 8.28. The Morgan fingerprint density at radius 1 is 1.15 bits per heavy atom. The third-order valence-corrected chi connectivity index (χ3v) is 6.20. The maximum absolute atomic E-state index is 12.8. The third-order valence-electron chi connectivity index (χ3n) is 5.92. The Balaban J connectivity index is 1.30. The number of hydrogen-bond donors (Lipinski definition) is 5. The fraction of sp³-hybridized carbons (Fsp3) is 0.381. The molecule has 2 amide bonds. The minimum absolute atomic E-state index is 0.0502. The number of rotatable bonds is 4. The van der Waals surface area contributed by atoms with Gasteiger partial charge in [0.1, 0.15) is 0 Å². The number of nitrogens with zero attached hydrogens (tertiary/aromatic N) is 4. The van der Waals surface area contributed by atoms with E-state index in [1.54, 1.807) is 4.90 Å². The number of hydrogen-bond acceptors (Lipinski definition) is 9. The van der Waals surface area contributed by atoms with Crippen molar-refractivity contribution in [3.05, 3.63) is 46.7 Å². The molecule has 8 N–H and O–H groups in total. The molecule has 1 spiro atoms. The van der Waals surface area contributed by atoms with Crippen molar-refractivity contribution < 1.29 is 9.59 Å². The van der Waals surface area contributed by atoms with Crippen molar-refractivity contribution in [1.29, 1.82) is 0 Å². The molecule has 1 fully saturated rings. The predicted octanol–water partition coefficient (Wildman–Crippen LogP) is -0.0854. The first-order valence-corrected chi connectivity index (χ1v) is 10.9. The normalized spacial score (nSPS) is 17.9. The number of guanidine groups is 1. The van der Waals surface area contributed by atoms with Crippen LogP contribution in [0.2, 0.25) is 5.15 Å². The summed E-state index contributed by atoms with van der Waals surface area (Å²) in [4.78, 5) is 39.3. The number of nitrogens with two attached hydrogens (primary N) is 3. The Morgan fingerprint density at radius 2 is 1.85 bits per heavy atom. The van der Waals surface area contributed by atoms with Gasteiger partial charge in [-0.05, 0) is 24.8 Å². The second-order valence-corrected chi connectivity index (χ2v) is 8.64. The van der Waals surface area contributed by atoms with Crippen molar-refractivity contribution in [2.45, 2.75) is 30.8 Å². The van der Waals surface area contributed by atoms with E-state index in [1.165, 1.54) is 0 Å². The zero-order valence-electron chi connectivity index (χ0n) is 17.9. The van der Waals surface area contributed by atoms with Crippen LogP contribution < -0.4 is 27.8 Å². The van der Waals surface area contributed by atoms with Crippen LogP contribution in [0.25, 0.3) is 0 Å². The molecule has 33 heavy (non-hydrogen) atoms. The largest absolute Gasteiger partial charge is 0.382 e. The van der Waals surface area contributed by atoms with E-state index in [-0.39, 0.29) is 33.9 Å². The number of likely N-dealkylation sites (tertiary alicyclic amines) is 1. The zero-order valence-corrected chi connectivity index (χ0v) is 18.7. The summed E-state index contributed by atoms with van der Waals surface area (Å²) in [5.41, 5.74) is 18.0. The lowest BCUT2D eigenvalue weighted by Crippen LogP contribution is -2.58. The van der Waals surface area contributed by atoms with Gasteiger partial charge >= 0.3 is 0 Å². The highest BCUT2D eigenvalue weighted by Crippen LogP contribution is 2.26. The Bertz CT molecular complexity index is 1080. The lowest BCUT2D eigenvalue weighted by molar-refractivity contribution is -0.134. The average Bonchev–Trinajstić information content (AvgIpc) is 3.18. The zero-order chi connectivity index (χ0) is 23.6. The van der Waals surface area contributed by atoms with E-state index >= 15 is 0 Å². The maximum atomic E-state index is 12.8. The molecule has 1 aromatic heterocycles. The number of carbonyl (C=O) groups excluding carboxylic acids is 2. The Kier molecular flexibility index (Phi) is 6.34. The minimum atomic E-state index is -0.593. The van der Waals surface area contributed by atoms with Crippen LogP contribution in [-0.2, 0) is 11.2 Å². The Hall–Kier alpha value is -3.44. The summed E-state index contributed by atoms with van der Waals surface area (Å²) in [7, 11) is 0. The van der Waals surface area contributed by atoms with Gasteiger partial charge in [0.15, 0.2) is 28.4 Å². The van der Waals surface area contributed by atoms with Crippen molar-refractivity contribution in [1.82, 2.24) is 25.5 Å². The number of carbonyl (C=O) groups is 2. The molecule has 0 aliphatic carbocycles. The summed E-state index contributed by atoms with van der Waals surface area (Å²) >= 11 is 5.85. The van der Waals surface area contributed by atoms with Crippen molar-refractivity contribution >= 4 is 41.0 Å². The first-order valence-electron chi connectivity index (χ1n) is 10.6. The number of aliphatic imine (C=N–C) groups is 1. The van der Waals surface area contributed by atoms with Crippen LogP contribution in [0.1, 0.15) is 28.9 Å². The maximum Gasteiger partial charge on any atom is 0.280 e. The van der Waals surface area contributed by atoms with Gasteiger partial charge in [0, 0.05) is 13.1 Å². The molecule has 0 saturated carbocycles. The highest BCUT2D eigenvalue weighted by Gasteiger charge is 2.40. The molecule has 2 aromatic rings. The van der Waals surface area contributed by atoms with E-state index in [9.17, 15) is 9.59 Å². The summed E-state index contributed by atoms with van der Waals surface area (Å²) in [5.74, 6) is -0.512.